The molecule has 0 unspecified atom stereocenters. The van der Waals surface area contributed by atoms with Gasteiger partial charge in [0, 0.05) is 38.8 Å². The average Bonchev–Trinajstić information content (AvgIpc) is 3.01. The minimum absolute atomic E-state index is 0. The first-order valence-electron chi connectivity index (χ1n) is 9.07. The third-order valence-corrected chi connectivity index (χ3v) is 4.39. The Morgan fingerprint density at radius 1 is 1.21 bits per heavy atom. The molecule has 0 atom stereocenters. The molecule has 1 aliphatic carbocycles. The van der Waals surface area contributed by atoms with E-state index in [0.29, 0.717) is 0 Å². The summed E-state index contributed by atoms with van der Waals surface area (Å²) >= 11 is 0. The third-order valence-electron chi connectivity index (χ3n) is 4.39. The topological polar surface area (TPSA) is 76.2 Å². The summed E-state index contributed by atoms with van der Waals surface area (Å²) < 4.78 is 6.10. The zero-order valence-corrected chi connectivity index (χ0v) is 18.6. The van der Waals surface area contributed by atoms with E-state index in [0.717, 1.165) is 46.4 Å². The summed E-state index contributed by atoms with van der Waals surface area (Å²) in [7, 11) is 0. The van der Waals surface area contributed by atoms with Crippen molar-refractivity contribution in [1.29, 1.82) is 0 Å². The number of nitrogens with zero attached hydrogens (tertiary/aromatic N) is 2. The maximum atomic E-state index is 10.0. The van der Waals surface area contributed by atoms with E-state index in [2.05, 4.69) is 22.2 Å². The van der Waals surface area contributed by atoms with Crippen LogP contribution in [0.25, 0.3) is 22.2 Å². The first kappa shape index (κ1) is 22.0. The van der Waals surface area contributed by atoms with Crippen LogP contribution in [0.4, 0.5) is 0 Å². The van der Waals surface area contributed by atoms with Gasteiger partial charge in [-0.25, -0.2) is 0 Å². The van der Waals surface area contributed by atoms with Crippen LogP contribution in [0.2, 0.25) is 0 Å². The molecular weight excluding hydrogens is 532 g/mol. The van der Waals surface area contributed by atoms with Crippen molar-refractivity contribution in [3.8, 4) is 11.3 Å². The number of carbonyl (C=O) groups is 1. The Labute approximate surface area is 178 Å². The molecule has 28 heavy (non-hydrogen) atoms. The van der Waals surface area contributed by atoms with Gasteiger partial charge >= 0.3 is 0 Å². The van der Waals surface area contributed by atoms with Gasteiger partial charge in [0.15, 0.2) is 5.78 Å². The minimum atomic E-state index is -0.125. The molecule has 0 bridgehead atoms. The van der Waals surface area contributed by atoms with E-state index < -0.39 is 0 Å². The molecule has 1 N–H and O–H groups in total. The molecule has 0 aliphatic heterocycles. The van der Waals surface area contributed by atoms with Gasteiger partial charge in [-0.05, 0) is 74.6 Å². The Morgan fingerprint density at radius 3 is 2.57 bits per heavy atom. The third kappa shape index (κ3) is 5.15. The van der Waals surface area contributed by atoms with Crippen molar-refractivity contribution in [3.63, 3.8) is 0 Å². The number of aromatic nitrogens is 2. The molecule has 0 saturated carbocycles. The first-order valence-corrected chi connectivity index (χ1v) is 9.07. The molecule has 1 radical (unpaired) electrons. The van der Waals surface area contributed by atoms with Gasteiger partial charge in [0.2, 0.25) is 0 Å². The molecule has 0 fully saturated rings. The predicted molar refractivity (Wildman–Crippen MR) is 105 cm³/mol. The van der Waals surface area contributed by atoms with Crippen LogP contribution >= 0.6 is 0 Å². The SMILES string of the molecule is CC(=O)/C=C(/C)O.Cc1ccc(-c2[c-]ncc3c4c(oc23)CCCC4)nc1.[Ir]. The number of aliphatic hydroxyl groups excluding tert-OH is 1. The van der Waals surface area contributed by atoms with Crippen LogP contribution in [0.15, 0.2) is 40.8 Å². The number of hydrogen-bond donors (Lipinski definition) is 1. The molecule has 149 valence electrons. The summed E-state index contributed by atoms with van der Waals surface area (Å²) in [6, 6.07) is 4.06. The fourth-order valence-electron chi connectivity index (χ4n) is 3.21. The van der Waals surface area contributed by atoms with Crippen molar-refractivity contribution in [1.82, 2.24) is 9.97 Å². The summed E-state index contributed by atoms with van der Waals surface area (Å²) in [4.78, 5) is 18.8. The zero-order chi connectivity index (χ0) is 19.4. The van der Waals surface area contributed by atoms with E-state index in [4.69, 9.17) is 9.52 Å². The van der Waals surface area contributed by atoms with Crippen LogP contribution in [0, 0.1) is 13.1 Å². The smallest absolute Gasteiger partial charge is 0.155 e. The zero-order valence-electron chi connectivity index (χ0n) is 16.2. The Balaban J connectivity index is 0.000000306. The van der Waals surface area contributed by atoms with Gasteiger partial charge in [-0.15, -0.1) is 0 Å². The van der Waals surface area contributed by atoms with Gasteiger partial charge in [-0.3, -0.25) is 4.79 Å². The number of ketones is 1. The number of fused-ring (bicyclic) bond motifs is 3. The van der Waals surface area contributed by atoms with Crippen molar-refractivity contribution in [3.05, 3.63) is 59.4 Å². The monoisotopic (exact) mass is 556 g/mol. The van der Waals surface area contributed by atoms with E-state index >= 15 is 0 Å². The van der Waals surface area contributed by atoms with Gasteiger partial charge in [0.25, 0.3) is 0 Å². The Hall–Kier alpha value is -2.30. The number of aryl methyl sites for hydroxylation is 3. The molecule has 0 saturated heterocycles. The van der Waals surface area contributed by atoms with Crippen molar-refractivity contribution < 1.29 is 34.4 Å². The summed E-state index contributed by atoms with van der Waals surface area (Å²) in [6.45, 7) is 4.88. The van der Waals surface area contributed by atoms with Crippen LogP contribution in [0.3, 0.4) is 0 Å². The molecule has 4 rings (SSSR count). The van der Waals surface area contributed by atoms with Crippen molar-refractivity contribution in [2.45, 2.75) is 46.5 Å². The van der Waals surface area contributed by atoms with Crippen LogP contribution in [0.1, 0.15) is 43.6 Å². The van der Waals surface area contributed by atoms with Gasteiger partial charge < -0.3 is 19.5 Å². The fourth-order valence-corrected chi connectivity index (χ4v) is 3.21. The number of furan rings is 1. The summed E-state index contributed by atoms with van der Waals surface area (Å²) in [5.74, 6) is 1.06. The largest absolute Gasteiger partial charge is 0.512 e. The van der Waals surface area contributed by atoms with Crippen molar-refractivity contribution in [2.75, 3.05) is 0 Å². The molecule has 5 nitrogen and oxygen atoms in total. The van der Waals surface area contributed by atoms with Gasteiger partial charge in [0.05, 0.1) is 17.1 Å². The van der Waals surface area contributed by atoms with Gasteiger partial charge in [-0.2, -0.15) is 0 Å². The number of rotatable bonds is 2. The predicted octanol–water partition coefficient (Wildman–Crippen LogP) is 4.91. The minimum Gasteiger partial charge on any atom is -0.512 e. The van der Waals surface area contributed by atoms with Crippen LogP contribution < -0.4 is 0 Å². The number of allylic oxidation sites excluding steroid dienone is 2. The molecule has 3 aromatic rings. The van der Waals surface area contributed by atoms with Crippen LogP contribution in [0.5, 0.6) is 0 Å². The van der Waals surface area contributed by atoms with E-state index in [9.17, 15) is 4.79 Å². The molecular formula is C22H23IrN2O3-. The van der Waals surface area contributed by atoms with Crippen molar-refractivity contribution in [2.24, 2.45) is 0 Å². The summed E-state index contributed by atoms with van der Waals surface area (Å²) in [6.07, 6.45) is 12.5. The van der Waals surface area contributed by atoms with E-state index in [1.54, 1.807) is 0 Å². The summed E-state index contributed by atoms with van der Waals surface area (Å²) in [5, 5.41) is 9.50. The van der Waals surface area contributed by atoms with Crippen LogP contribution in [-0.2, 0) is 37.7 Å². The van der Waals surface area contributed by atoms with Crippen molar-refractivity contribution >= 4 is 16.8 Å². The number of aliphatic hydroxyl groups is 1. The maximum Gasteiger partial charge on any atom is 0.155 e. The fraction of sp³-hybridized carbons (Fsp3) is 0.318. The number of hydrogen-bond acceptors (Lipinski definition) is 5. The normalized spacial score (nSPS) is 13.2. The second-order valence-corrected chi connectivity index (χ2v) is 6.82. The first-order chi connectivity index (χ1) is 13.0. The Kier molecular flexibility index (Phi) is 7.67. The quantitative estimate of drug-likeness (QED) is 0.276. The average molecular weight is 556 g/mol. The second-order valence-electron chi connectivity index (χ2n) is 6.82. The van der Waals surface area contributed by atoms with Gasteiger partial charge in [-0.1, -0.05) is 17.7 Å². The molecule has 1 aliphatic rings. The molecule has 0 spiro atoms. The molecule has 3 heterocycles. The molecule has 6 heteroatoms. The maximum absolute atomic E-state index is 10.0. The standard InChI is InChI=1S/C17H15N2O.C5H8O2.Ir/c1-11-6-7-15(19-8-11)14-10-18-9-13-12-4-2-3-5-16(12)20-17(13)14;1-4(6)3-5(2)7;/h6-9H,2-5H2,1H3;3,6H,1-2H3;/q-1;;/b;4-3-;. The Morgan fingerprint density at radius 2 is 1.96 bits per heavy atom. The molecule has 0 aromatic carbocycles. The summed E-state index contributed by atoms with van der Waals surface area (Å²) in [5.41, 5.74) is 5.12. The number of pyridine rings is 2. The van der Waals surface area contributed by atoms with E-state index in [-0.39, 0.29) is 31.6 Å². The van der Waals surface area contributed by atoms with E-state index in [1.165, 1.54) is 38.3 Å². The second kappa shape index (κ2) is 9.76. The number of carbonyl (C=O) groups excluding carboxylic acids is 1. The van der Waals surface area contributed by atoms with Gasteiger partial charge in [0.1, 0.15) is 0 Å². The molecule has 3 aromatic heterocycles. The van der Waals surface area contributed by atoms with Crippen LogP contribution in [-0.4, -0.2) is 20.9 Å². The Bertz CT molecular complexity index is 987. The van der Waals surface area contributed by atoms with E-state index in [1.807, 2.05) is 25.4 Å². The molecule has 0 amide bonds.